The van der Waals surface area contributed by atoms with Gasteiger partial charge in [0.05, 0.1) is 6.61 Å². The van der Waals surface area contributed by atoms with Gasteiger partial charge in [0.1, 0.15) is 0 Å². The summed E-state index contributed by atoms with van der Waals surface area (Å²) in [6, 6.07) is 4.17. The molecule has 1 aromatic rings. The highest BCUT2D eigenvalue weighted by molar-refractivity contribution is 5.80. The van der Waals surface area contributed by atoms with E-state index in [0.29, 0.717) is 12.1 Å². The third-order valence-corrected chi connectivity index (χ3v) is 2.93. The number of amides is 1. The molecule has 0 radical (unpaired) electrons. The van der Waals surface area contributed by atoms with Crippen molar-refractivity contribution in [2.24, 2.45) is 0 Å². The van der Waals surface area contributed by atoms with E-state index >= 15 is 0 Å². The minimum absolute atomic E-state index is 0.0124. The van der Waals surface area contributed by atoms with E-state index in [1.807, 2.05) is 0 Å². The molecule has 0 aromatic heterocycles. The van der Waals surface area contributed by atoms with E-state index in [1.165, 1.54) is 12.1 Å². The van der Waals surface area contributed by atoms with Crippen LogP contribution in [0.3, 0.4) is 0 Å². The highest BCUT2D eigenvalue weighted by atomic mass is 19.1. The summed E-state index contributed by atoms with van der Waals surface area (Å²) in [4.78, 5) is 11.7. The average Bonchev–Trinajstić information content (AvgIpc) is 2.45. The Morgan fingerprint density at radius 3 is 2.80 bits per heavy atom. The highest BCUT2D eigenvalue weighted by Gasteiger charge is 2.16. The monoisotopic (exact) mass is 283 g/mol. The van der Waals surface area contributed by atoms with Gasteiger partial charge in [-0.05, 0) is 31.0 Å². The van der Waals surface area contributed by atoms with Crippen molar-refractivity contribution in [2.75, 3.05) is 6.54 Å². The standard InChI is InChI=1S/C15H22FNO3/c1-3-4-5-8-17-15(19)11(2)20-14-7-6-12(10-18)9-13(14)16/h6-7,9,11,18H,3-5,8,10H2,1-2H3,(H,17,19). The van der Waals surface area contributed by atoms with Crippen LogP contribution in [0.25, 0.3) is 0 Å². The molecular weight excluding hydrogens is 261 g/mol. The number of ether oxygens (including phenoxy) is 1. The molecule has 2 N–H and O–H groups in total. The van der Waals surface area contributed by atoms with Crippen LogP contribution in [-0.2, 0) is 11.4 Å². The van der Waals surface area contributed by atoms with Crippen LogP contribution < -0.4 is 10.1 Å². The van der Waals surface area contributed by atoms with Gasteiger partial charge in [0.2, 0.25) is 0 Å². The number of benzene rings is 1. The summed E-state index contributed by atoms with van der Waals surface area (Å²) in [6.45, 7) is 4.04. The third-order valence-electron chi connectivity index (χ3n) is 2.93. The second kappa shape index (κ2) is 8.53. The molecule has 0 spiro atoms. The Balaban J connectivity index is 2.48. The molecule has 1 aromatic carbocycles. The molecule has 1 amide bonds. The number of hydrogen-bond donors (Lipinski definition) is 2. The quantitative estimate of drug-likeness (QED) is 0.720. The van der Waals surface area contributed by atoms with E-state index in [-0.39, 0.29) is 18.3 Å². The Kier molecular flexibility index (Phi) is 7.01. The van der Waals surface area contributed by atoms with Crippen molar-refractivity contribution in [3.05, 3.63) is 29.6 Å². The largest absolute Gasteiger partial charge is 0.478 e. The molecule has 0 aliphatic heterocycles. The first-order valence-electron chi connectivity index (χ1n) is 6.92. The Hall–Kier alpha value is -1.62. The summed E-state index contributed by atoms with van der Waals surface area (Å²) >= 11 is 0. The maximum Gasteiger partial charge on any atom is 0.260 e. The van der Waals surface area contributed by atoms with Gasteiger partial charge in [-0.15, -0.1) is 0 Å². The second-order valence-corrected chi connectivity index (χ2v) is 4.68. The van der Waals surface area contributed by atoms with Gasteiger partial charge in [-0.2, -0.15) is 0 Å². The summed E-state index contributed by atoms with van der Waals surface area (Å²) in [5.41, 5.74) is 0.464. The van der Waals surface area contributed by atoms with E-state index in [4.69, 9.17) is 9.84 Å². The molecule has 0 bridgehead atoms. The minimum atomic E-state index is -0.758. The molecule has 112 valence electrons. The molecule has 0 saturated heterocycles. The molecule has 5 heteroatoms. The van der Waals surface area contributed by atoms with E-state index in [1.54, 1.807) is 13.0 Å². The minimum Gasteiger partial charge on any atom is -0.478 e. The molecule has 0 heterocycles. The fourth-order valence-electron chi connectivity index (χ4n) is 1.71. The van der Waals surface area contributed by atoms with Crippen molar-refractivity contribution in [2.45, 2.75) is 45.8 Å². The maximum absolute atomic E-state index is 13.6. The SMILES string of the molecule is CCCCCNC(=O)C(C)Oc1ccc(CO)cc1F. The summed E-state index contributed by atoms with van der Waals surface area (Å²) in [7, 11) is 0. The second-order valence-electron chi connectivity index (χ2n) is 4.68. The van der Waals surface area contributed by atoms with Gasteiger partial charge in [-0.1, -0.05) is 25.8 Å². The Morgan fingerprint density at radius 1 is 1.45 bits per heavy atom. The van der Waals surface area contributed by atoms with Gasteiger partial charge in [0.15, 0.2) is 17.7 Å². The van der Waals surface area contributed by atoms with Crippen LogP contribution in [0.15, 0.2) is 18.2 Å². The number of aliphatic hydroxyl groups is 1. The van der Waals surface area contributed by atoms with Gasteiger partial charge in [-0.3, -0.25) is 4.79 Å². The van der Waals surface area contributed by atoms with Crippen molar-refractivity contribution in [3.8, 4) is 5.75 Å². The molecule has 0 aliphatic carbocycles. The van der Waals surface area contributed by atoms with Crippen LogP contribution in [0.4, 0.5) is 4.39 Å². The number of unbranched alkanes of at least 4 members (excludes halogenated alkanes) is 2. The van der Waals surface area contributed by atoms with Gasteiger partial charge >= 0.3 is 0 Å². The summed E-state index contributed by atoms with van der Waals surface area (Å²) in [5.74, 6) is -0.827. The molecule has 1 unspecified atom stereocenters. The van der Waals surface area contributed by atoms with E-state index in [0.717, 1.165) is 19.3 Å². The van der Waals surface area contributed by atoms with Crippen LogP contribution in [0, 0.1) is 5.82 Å². The first kappa shape index (κ1) is 16.4. The Labute approximate surface area is 119 Å². The van der Waals surface area contributed by atoms with Crippen molar-refractivity contribution in [3.63, 3.8) is 0 Å². The number of rotatable bonds is 8. The third kappa shape index (κ3) is 5.17. The number of carbonyl (C=O) groups excluding carboxylic acids is 1. The van der Waals surface area contributed by atoms with Gasteiger partial charge in [-0.25, -0.2) is 4.39 Å². The fourth-order valence-corrected chi connectivity index (χ4v) is 1.71. The van der Waals surface area contributed by atoms with Gasteiger partial charge in [0.25, 0.3) is 5.91 Å². The first-order valence-corrected chi connectivity index (χ1v) is 6.92. The number of halogens is 1. The molecule has 0 fully saturated rings. The van der Waals surface area contributed by atoms with E-state index in [2.05, 4.69) is 12.2 Å². The molecule has 0 saturated carbocycles. The molecule has 20 heavy (non-hydrogen) atoms. The average molecular weight is 283 g/mol. The summed E-state index contributed by atoms with van der Waals surface area (Å²) in [6.07, 6.45) is 2.32. The lowest BCUT2D eigenvalue weighted by Crippen LogP contribution is -2.37. The fraction of sp³-hybridized carbons (Fsp3) is 0.533. The van der Waals surface area contributed by atoms with Crippen LogP contribution in [0.5, 0.6) is 5.75 Å². The number of aliphatic hydroxyl groups excluding tert-OH is 1. The normalized spacial score (nSPS) is 12.0. The first-order chi connectivity index (χ1) is 9.58. The Morgan fingerprint density at radius 2 is 2.20 bits per heavy atom. The summed E-state index contributed by atoms with van der Waals surface area (Å²) in [5, 5.41) is 11.6. The van der Waals surface area contributed by atoms with Crippen molar-refractivity contribution >= 4 is 5.91 Å². The predicted molar refractivity (Wildman–Crippen MR) is 74.9 cm³/mol. The number of carbonyl (C=O) groups is 1. The van der Waals surface area contributed by atoms with Gasteiger partial charge < -0.3 is 15.2 Å². The number of hydrogen-bond acceptors (Lipinski definition) is 3. The van der Waals surface area contributed by atoms with Crippen molar-refractivity contribution < 1.29 is 19.0 Å². The molecule has 4 nitrogen and oxygen atoms in total. The predicted octanol–water partition coefficient (Wildman–Crippen LogP) is 2.39. The maximum atomic E-state index is 13.6. The van der Waals surface area contributed by atoms with E-state index in [9.17, 15) is 9.18 Å². The lowest BCUT2D eigenvalue weighted by atomic mass is 10.2. The zero-order valence-corrected chi connectivity index (χ0v) is 12.0. The Bertz CT molecular complexity index is 437. The van der Waals surface area contributed by atoms with E-state index < -0.39 is 11.9 Å². The van der Waals surface area contributed by atoms with Crippen molar-refractivity contribution in [1.82, 2.24) is 5.32 Å². The van der Waals surface area contributed by atoms with Gasteiger partial charge in [0, 0.05) is 6.54 Å². The number of nitrogens with one attached hydrogen (secondary N) is 1. The van der Waals surface area contributed by atoms with Crippen molar-refractivity contribution in [1.29, 1.82) is 0 Å². The molecule has 0 aliphatic rings. The zero-order chi connectivity index (χ0) is 15.0. The molecular formula is C15H22FNO3. The molecule has 1 atom stereocenters. The smallest absolute Gasteiger partial charge is 0.260 e. The van der Waals surface area contributed by atoms with Crippen LogP contribution >= 0.6 is 0 Å². The molecule has 1 rings (SSSR count). The highest BCUT2D eigenvalue weighted by Crippen LogP contribution is 2.19. The lowest BCUT2D eigenvalue weighted by molar-refractivity contribution is -0.127. The lowest BCUT2D eigenvalue weighted by Gasteiger charge is -2.15. The van der Waals surface area contributed by atoms with Crippen LogP contribution in [0.2, 0.25) is 0 Å². The van der Waals surface area contributed by atoms with Crippen LogP contribution in [0.1, 0.15) is 38.7 Å². The summed E-state index contributed by atoms with van der Waals surface area (Å²) < 4.78 is 18.9. The van der Waals surface area contributed by atoms with Crippen LogP contribution in [-0.4, -0.2) is 23.7 Å². The topological polar surface area (TPSA) is 58.6 Å². The zero-order valence-electron chi connectivity index (χ0n) is 12.0.